The van der Waals surface area contributed by atoms with Gasteiger partial charge in [0.15, 0.2) is 0 Å². The van der Waals surface area contributed by atoms with Crippen molar-refractivity contribution in [2.24, 2.45) is 5.92 Å². The molecule has 2 saturated heterocycles. The van der Waals surface area contributed by atoms with Crippen molar-refractivity contribution in [1.29, 1.82) is 0 Å². The van der Waals surface area contributed by atoms with Gasteiger partial charge in [-0.2, -0.15) is 0 Å². The normalized spacial score (nSPS) is 29.2. The van der Waals surface area contributed by atoms with Crippen molar-refractivity contribution in [3.8, 4) is 0 Å². The summed E-state index contributed by atoms with van der Waals surface area (Å²) in [5, 5.41) is 2.27. The van der Waals surface area contributed by atoms with Crippen molar-refractivity contribution in [3.05, 3.63) is 22.9 Å². The molecule has 3 aliphatic rings. The zero-order valence-corrected chi connectivity index (χ0v) is 9.62. The van der Waals surface area contributed by atoms with E-state index in [1.807, 2.05) is 0 Å². The van der Waals surface area contributed by atoms with E-state index in [1.165, 1.54) is 17.0 Å². The monoisotopic (exact) mass is 260 g/mol. The van der Waals surface area contributed by atoms with Crippen LogP contribution in [0.25, 0.3) is 11.4 Å². The molecule has 0 spiro atoms. The average Bonchev–Trinajstić information content (AvgIpc) is 2.64. The second-order valence-corrected chi connectivity index (χ2v) is 4.84. The molecule has 3 fully saturated rings. The van der Waals surface area contributed by atoms with E-state index in [-0.39, 0.29) is 23.2 Å². The molecule has 0 unspecified atom stereocenters. The first-order valence-corrected chi connectivity index (χ1v) is 5.80. The molecule has 2 bridgehead atoms. The molecule has 4 heterocycles. The second kappa shape index (κ2) is 3.08. The first-order chi connectivity index (χ1) is 9.12. The minimum Gasteiger partial charge on any atom is -0.387 e. The molecule has 96 valence electrons. The molecule has 1 N–H and O–H groups in total. The molecule has 5 rings (SSSR count). The van der Waals surface area contributed by atoms with Crippen molar-refractivity contribution in [3.63, 3.8) is 0 Å². The van der Waals surface area contributed by atoms with Gasteiger partial charge in [0.2, 0.25) is 11.6 Å². The maximum Gasteiger partial charge on any atom is 0.423 e. The number of nitrogens with zero attached hydrogens (tertiary/aromatic N) is 3. The minimum absolute atomic E-state index is 0.0926. The highest BCUT2D eigenvalue weighted by molar-refractivity contribution is 6.06. The molecule has 19 heavy (non-hydrogen) atoms. The predicted molar refractivity (Wildman–Crippen MR) is 59.9 cm³/mol. The highest BCUT2D eigenvalue weighted by Gasteiger charge is 2.60. The lowest BCUT2D eigenvalue weighted by atomic mass is 9.64. The lowest BCUT2D eigenvalue weighted by molar-refractivity contribution is -0.156. The number of fused-ring (bicyclic) bond motifs is 3. The van der Waals surface area contributed by atoms with E-state index in [0.717, 1.165) is 0 Å². The van der Waals surface area contributed by atoms with Crippen LogP contribution in [0.1, 0.15) is 12.8 Å². The van der Waals surface area contributed by atoms with Crippen LogP contribution in [0.15, 0.2) is 21.6 Å². The average molecular weight is 260 g/mol. The van der Waals surface area contributed by atoms with E-state index in [0.29, 0.717) is 12.8 Å². The van der Waals surface area contributed by atoms with Crippen LogP contribution >= 0.6 is 0 Å². The van der Waals surface area contributed by atoms with Gasteiger partial charge in [-0.3, -0.25) is 14.9 Å². The summed E-state index contributed by atoms with van der Waals surface area (Å²) >= 11 is 0. The Morgan fingerprint density at radius 3 is 2.74 bits per heavy atom. The molecule has 1 saturated carbocycles. The van der Waals surface area contributed by atoms with E-state index in [4.69, 9.17) is 4.42 Å². The smallest absolute Gasteiger partial charge is 0.387 e. The molecule has 2 amide bonds. The fourth-order valence-corrected chi connectivity index (χ4v) is 2.88. The minimum atomic E-state index is -1.06. The summed E-state index contributed by atoms with van der Waals surface area (Å²) in [6, 6.07) is 0. The summed E-state index contributed by atoms with van der Waals surface area (Å²) in [6.45, 7) is 0. The first-order valence-electron chi connectivity index (χ1n) is 5.80. The number of oxazole rings is 1. The second-order valence-electron chi connectivity index (χ2n) is 4.84. The lowest BCUT2D eigenvalue weighted by Crippen LogP contribution is -2.68. The maximum absolute atomic E-state index is 12.1. The Labute approximate surface area is 105 Å². The summed E-state index contributed by atoms with van der Waals surface area (Å²) in [6.07, 6.45) is 3.44. The lowest BCUT2D eigenvalue weighted by Gasteiger charge is -2.49. The van der Waals surface area contributed by atoms with Crippen molar-refractivity contribution in [2.75, 3.05) is 0 Å². The number of hydrogen-bond acceptors (Lipinski definition) is 6. The van der Waals surface area contributed by atoms with Crippen molar-refractivity contribution in [1.82, 2.24) is 19.9 Å². The summed E-state index contributed by atoms with van der Waals surface area (Å²) < 4.78 is 6.20. The summed E-state index contributed by atoms with van der Waals surface area (Å²) in [5.74, 6) is -1.66. The number of nitrogens with one attached hydrogen (secondary N) is 1. The number of piperidine rings is 2. The number of amides is 2. The Bertz CT molecular complexity index is 783. The van der Waals surface area contributed by atoms with E-state index < -0.39 is 17.2 Å². The molecular weight excluding hydrogens is 252 g/mol. The molecular formula is C11H8N4O4. The van der Waals surface area contributed by atoms with Crippen LogP contribution in [0.4, 0.5) is 0 Å². The number of hydrogen-bond donors (Lipinski definition) is 1. The molecule has 8 nitrogen and oxygen atoms in total. The molecule has 2 aromatic heterocycles. The molecule has 8 heteroatoms. The van der Waals surface area contributed by atoms with Crippen LogP contribution in [0.5, 0.6) is 0 Å². The van der Waals surface area contributed by atoms with E-state index >= 15 is 0 Å². The van der Waals surface area contributed by atoms with Crippen LogP contribution in [0, 0.1) is 5.92 Å². The Morgan fingerprint density at radius 2 is 2.00 bits per heavy atom. The molecule has 0 atom stereocenters. The van der Waals surface area contributed by atoms with Gasteiger partial charge < -0.3 is 4.42 Å². The zero-order valence-electron chi connectivity index (χ0n) is 9.62. The van der Waals surface area contributed by atoms with Gasteiger partial charge in [-0.25, -0.2) is 19.3 Å². The number of aromatic nitrogens is 3. The Morgan fingerprint density at radius 1 is 1.26 bits per heavy atom. The van der Waals surface area contributed by atoms with Crippen molar-refractivity contribution in [2.45, 2.75) is 18.4 Å². The summed E-state index contributed by atoms with van der Waals surface area (Å²) in [5.41, 5.74) is -0.734. The Hall–Kier alpha value is -2.51. The van der Waals surface area contributed by atoms with Gasteiger partial charge in [0.05, 0.1) is 0 Å². The predicted octanol–water partition coefficient (Wildman–Crippen LogP) is -0.854. The summed E-state index contributed by atoms with van der Waals surface area (Å²) in [7, 11) is 0. The number of carbonyl (C=O) groups excluding carboxylic acids is 2. The van der Waals surface area contributed by atoms with Crippen molar-refractivity contribution >= 4 is 23.2 Å². The van der Waals surface area contributed by atoms with Crippen LogP contribution < -0.4 is 11.1 Å². The third kappa shape index (κ3) is 1.11. The van der Waals surface area contributed by atoms with Crippen LogP contribution in [0.2, 0.25) is 0 Å². The van der Waals surface area contributed by atoms with Gasteiger partial charge >= 0.3 is 5.76 Å². The van der Waals surface area contributed by atoms with Gasteiger partial charge in [-0.05, 0) is 12.8 Å². The van der Waals surface area contributed by atoms with Crippen LogP contribution in [-0.4, -0.2) is 26.3 Å². The van der Waals surface area contributed by atoms with E-state index in [2.05, 4.69) is 15.3 Å². The van der Waals surface area contributed by atoms with Gasteiger partial charge in [0.1, 0.15) is 5.54 Å². The largest absolute Gasteiger partial charge is 0.423 e. The number of rotatable bonds is 1. The van der Waals surface area contributed by atoms with Gasteiger partial charge in [-0.1, -0.05) is 0 Å². The van der Waals surface area contributed by atoms with Crippen LogP contribution in [0.3, 0.4) is 0 Å². The molecule has 1 aliphatic carbocycles. The van der Waals surface area contributed by atoms with Crippen molar-refractivity contribution < 1.29 is 14.0 Å². The summed E-state index contributed by atoms with van der Waals surface area (Å²) in [4.78, 5) is 43.4. The molecule has 0 aromatic carbocycles. The van der Waals surface area contributed by atoms with E-state index in [9.17, 15) is 14.4 Å². The van der Waals surface area contributed by atoms with Gasteiger partial charge in [0.25, 0.3) is 11.6 Å². The fraction of sp³-hybridized carbons (Fsp3) is 0.364. The van der Waals surface area contributed by atoms with E-state index in [1.54, 1.807) is 0 Å². The first kappa shape index (κ1) is 10.4. The SMILES string of the molecule is O=C1NC(=O)C2(n3c(=O)oc4nccnc43)CC1C2. The van der Waals surface area contributed by atoms with Gasteiger partial charge in [0, 0.05) is 18.3 Å². The molecule has 2 aliphatic heterocycles. The third-order valence-corrected chi connectivity index (χ3v) is 3.85. The zero-order chi connectivity index (χ0) is 13.2. The number of carbonyl (C=O) groups is 2. The Balaban J connectivity index is 1.97. The highest BCUT2D eigenvalue weighted by Crippen LogP contribution is 2.47. The molecule has 2 aromatic rings. The maximum atomic E-state index is 12.1. The van der Waals surface area contributed by atoms with Gasteiger partial charge in [-0.15, -0.1) is 0 Å². The topological polar surface area (TPSA) is 107 Å². The standard InChI is InChI=1S/C11H8N4O4/c16-7-5-3-11(4-5,9(17)14-7)15-6-8(19-10(15)18)13-2-1-12-6/h1-2,5H,3-4H2,(H,14,16,17). The quantitative estimate of drug-likeness (QED) is 0.669. The molecule has 0 radical (unpaired) electrons. The fourth-order valence-electron chi connectivity index (χ4n) is 2.88. The van der Waals surface area contributed by atoms with Crippen LogP contribution in [-0.2, 0) is 15.1 Å². The highest BCUT2D eigenvalue weighted by atomic mass is 16.4. The third-order valence-electron chi connectivity index (χ3n) is 3.85. The Kier molecular flexibility index (Phi) is 1.69. The number of imide groups is 1.